The first-order valence-electron chi connectivity index (χ1n) is 6.07. The average molecular weight is 394 g/mol. The first kappa shape index (κ1) is 13.6. The minimum atomic E-state index is 0.0842. The monoisotopic (exact) mass is 392 g/mol. The quantitative estimate of drug-likeness (QED) is 0.710. The fourth-order valence-electron chi connectivity index (χ4n) is 2.34. The van der Waals surface area contributed by atoms with Crippen LogP contribution in [0.25, 0.3) is 6.08 Å². The summed E-state index contributed by atoms with van der Waals surface area (Å²) in [6.07, 6.45) is 2.53. The highest BCUT2D eigenvalue weighted by atomic mass is 79.9. The summed E-state index contributed by atoms with van der Waals surface area (Å²) in [5, 5.41) is 9.70. The van der Waals surface area contributed by atoms with Gasteiger partial charge in [-0.2, -0.15) is 0 Å². The minimum absolute atomic E-state index is 0.0842. The number of phenols is 1. The molecule has 0 spiro atoms. The van der Waals surface area contributed by atoms with E-state index < -0.39 is 0 Å². The lowest BCUT2D eigenvalue weighted by Crippen LogP contribution is -1.95. The largest absolute Gasteiger partial charge is 0.506 e. The molecule has 0 atom stereocenters. The Hall–Kier alpha value is -1.39. The Kier molecular flexibility index (Phi) is 3.52. The molecule has 0 saturated carbocycles. The molecule has 0 aliphatic heterocycles. The molecule has 0 heterocycles. The molecule has 1 N–H and O–H groups in total. The van der Waals surface area contributed by atoms with E-state index in [9.17, 15) is 9.90 Å². The first-order valence-corrected chi connectivity index (χ1v) is 7.66. The van der Waals surface area contributed by atoms with E-state index in [1.54, 1.807) is 12.1 Å². The lowest BCUT2D eigenvalue weighted by atomic mass is 10.1. The number of rotatable bonds is 1. The maximum Gasteiger partial charge on any atom is 0.189 e. The molecule has 0 amide bonds. The van der Waals surface area contributed by atoms with Crippen molar-refractivity contribution in [1.82, 2.24) is 0 Å². The number of allylic oxidation sites excluding steroid dienone is 1. The molecule has 1 aliphatic carbocycles. The highest BCUT2D eigenvalue weighted by molar-refractivity contribution is 9.11. The van der Waals surface area contributed by atoms with E-state index in [2.05, 4.69) is 31.9 Å². The molecular weight excluding hydrogens is 384 g/mol. The van der Waals surface area contributed by atoms with Crippen molar-refractivity contribution in [1.29, 1.82) is 0 Å². The number of Topliss-reactive ketones (excluding diaryl/α,β-unsaturated/α-hetero) is 1. The third-order valence-corrected chi connectivity index (χ3v) is 4.52. The van der Waals surface area contributed by atoms with Crippen LogP contribution in [0.3, 0.4) is 0 Å². The zero-order chi connectivity index (χ0) is 14.3. The molecule has 0 aromatic heterocycles. The third kappa shape index (κ3) is 2.34. The minimum Gasteiger partial charge on any atom is -0.506 e. The van der Waals surface area contributed by atoms with E-state index in [0.717, 1.165) is 22.3 Å². The van der Waals surface area contributed by atoms with Gasteiger partial charge in [0.25, 0.3) is 0 Å². The van der Waals surface area contributed by atoms with Crippen LogP contribution in [0, 0.1) is 0 Å². The van der Waals surface area contributed by atoms with Crippen LogP contribution < -0.4 is 0 Å². The second kappa shape index (κ2) is 5.19. The zero-order valence-electron chi connectivity index (χ0n) is 10.4. The molecule has 0 bridgehead atoms. The van der Waals surface area contributed by atoms with E-state index in [-0.39, 0.29) is 11.5 Å². The number of fused-ring (bicyclic) bond motifs is 1. The van der Waals surface area contributed by atoms with Crippen LogP contribution in [0.1, 0.15) is 21.5 Å². The van der Waals surface area contributed by atoms with Gasteiger partial charge in [0.2, 0.25) is 0 Å². The van der Waals surface area contributed by atoms with Crippen LogP contribution in [0.5, 0.6) is 5.75 Å². The summed E-state index contributed by atoms with van der Waals surface area (Å²) in [6, 6.07) is 11.3. The Morgan fingerprint density at radius 2 is 1.75 bits per heavy atom. The Bertz CT molecular complexity index is 725. The first-order chi connectivity index (χ1) is 9.56. The van der Waals surface area contributed by atoms with Crippen molar-refractivity contribution in [3.8, 4) is 5.75 Å². The Morgan fingerprint density at radius 3 is 2.40 bits per heavy atom. The van der Waals surface area contributed by atoms with Crippen molar-refractivity contribution in [2.45, 2.75) is 6.42 Å². The summed E-state index contributed by atoms with van der Waals surface area (Å²) in [4.78, 5) is 12.3. The topological polar surface area (TPSA) is 37.3 Å². The van der Waals surface area contributed by atoms with Gasteiger partial charge in [0.1, 0.15) is 5.75 Å². The normalized spacial score (nSPS) is 15.7. The summed E-state index contributed by atoms with van der Waals surface area (Å²) >= 11 is 6.59. The van der Waals surface area contributed by atoms with Gasteiger partial charge in [0, 0.05) is 17.6 Å². The summed E-state index contributed by atoms with van der Waals surface area (Å²) < 4.78 is 1.20. The van der Waals surface area contributed by atoms with Crippen molar-refractivity contribution in [2.75, 3.05) is 0 Å². The van der Waals surface area contributed by atoms with Crippen LogP contribution >= 0.6 is 31.9 Å². The van der Waals surface area contributed by atoms with Gasteiger partial charge in [-0.05, 0) is 61.2 Å². The molecule has 3 rings (SSSR count). The van der Waals surface area contributed by atoms with Crippen LogP contribution in [-0.4, -0.2) is 10.9 Å². The summed E-state index contributed by atoms with van der Waals surface area (Å²) in [7, 11) is 0. The predicted molar refractivity (Wildman–Crippen MR) is 86.0 cm³/mol. The lowest BCUT2D eigenvalue weighted by Gasteiger charge is -2.03. The van der Waals surface area contributed by atoms with Gasteiger partial charge < -0.3 is 5.11 Å². The molecule has 100 valence electrons. The Labute approximate surface area is 133 Å². The number of halogens is 2. The molecular formula is C16H10Br2O2. The van der Waals surface area contributed by atoms with E-state index >= 15 is 0 Å². The van der Waals surface area contributed by atoms with E-state index in [1.807, 2.05) is 30.3 Å². The van der Waals surface area contributed by atoms with Crippen molar-refractivity contribution in [3.63, 3.8) is 0 Å². The highest BCUT2D eigenvalue weighted by Crippen LogP contribution is 2.35. The van der Waals surface area contributed by atoms with Gasteiger partial charge in [-0.25, -0.2) is 0 Å². The number of carbonyl (C=O) groups is 1. The molecule has 0 saturated heterocycles. The second-order valence-electron chi connectivity index (χ2n) is 4.67. The number of hydrogen-bond acceptors (Lipinski definition) is 2. The number of carbonyl (C=O) groups excluding carboxylic acids is 1. The van der Waals surface area contributed by atoms with Crippen LogP contribution in [0.15, 0.2) is 50.9 Å². The standard InChI is InChI=1S/C16H10Br2O2/c17-13-6-9(7-14(18)16(13)20)5-11-8-10-3-1-2-4-12(10)15(11)19/h1-7,20H,8H2/b11-5-. The van der Waals surface area contributed by atoms with Crippen molar-refractivity contribution >= 4 is 43.7 Å². The fourth-order valence-corrected chi connectivity index (χ4v) is 3.56. The predicted octanol–water partition coefficient (Wildman–Crippen LogP) is 4.74. The number of aromatic hydroxyl groups is 1. The van der Waals surface area contributed by atoms with Gasteiger partial charge >= 0.3 is 0 Å². The number of phenolic OH excluding ortho intramolecular Hbond substituents is 1. The zero-order valence-corrected chi connectivity index (χ0v) is 13.5. The van der Waals surface area contributed by atoms with Crippen LogP contribution in [0.4, 0.5) is 0 Å². The lowest BCUT2D eigenvalue weighted by molar-refractivity contribution is 0.104. The molecule has 20 heavy (non-hydrogen) atoms. The number of hydrogen-bond donors (Lipinski definition) is 1. The molecule has 2 aromatic carbocycles. The number of benzene rings is 2. The van der Waals surface area contributed by atoms with Gasteiger partial charge in [0.15, 0.2) is 5.78 Å². The summed E-state index contributed by atoms with van der Waals surface area (Å²) in [5.74, 6) is 0.245. The van der Waals surface area contributed by atoms with Gasteiger partial charge in [-0.1, -0.05) is 24.3 Å². The van der Waals surface area contributed by atoms with E-state index in [1.165, 1.54) is 0 Å². The maximum atomic E-state index is 12.3. The summed E-state index contributed by atoms with van der Waals surface area (Å²) in [6.45, 7) is 0. The van der Waals surface area contributed by atoms with Crippen molar-refractivity contribution < 1.29 is 9.90 Å². The van der Waals surface area contributed by atoms with E-state index in [0.29, 0.717) is 15.4 Å². The molecule has 1 aliphatic rings. The number of ketones is 1. The van der Waals surface area contributed by atoms with Gasteiger partial charge in [-0.15, -0.1) is 0 Å². The maximum absolute atomic E-state index is 12.3. The highest BCUT2D eigenvalue weighted by Gasteiger charge is 2.24. The molecule has 2 aromatic rings. The smallest absolute Gasteiger partial charge is 0.189 e. The third-order valence-electron chi connectivity index (χ3n) is 3.31. The molecule has 0 fully saturated rings. The molecule has 0 unspecified atom stereocenters. The van der Waals surface area contributed by atoms with Crippen LogP contribution in [0.2, 0.25) is 0 Å². The van der Waals surface area contributed by atoms with Crippen molar-refractivity contribution in [3.05, 3.63) is 67.6 Å². The Morgan fingerprint density at radius 1 is 1.10 bits per heavy atom. The van der Waals surface area contributed by atoms with E-state index in [4.69, 9.17) is 0 Å². The van der Waals surface area contributed by atoms with Crippen molar-refractivity contribution in [2.24, 2.45) is 0 Å². The summed E-state index contributed by atoms with van der Waals surface area (Å²) in [5.41, 5.74) is 3.50. The fraction of sp³-hybridized carbons (Fsp3) is 0.0625. The second-order valence-corrected chi connectivity index (χ2v) is 6.37. The van der Waals surface area contributed by atoms with Gasteiger partial charge in [-0.3, -0.25) is 4.79 Å². The Balaban J connectivity index is 2.02. The van der Waals surface area contributed by atoms with Gasteiger partial charge in [0.05, 0.1) is 8.95 Å². The van der Waals surface area contributed by atoms with Crippen LogP contribution in [-0.2, 0) is 6.42 Å². The molecule has 4 heteroatoms. The molecule has 0 radical (unpaired) electrons. The molecule has 2 nitrogen and oxygen atoms in total. The SMILES string of the molecule is O=C1/C(=C\c2cc(Br)c(O)c(Br)c2)Cc2ccccc21. The average Bonchev–Trinajstić information content (AvgIpc) is 2.73.